The second kappa shape index (κ2) is 10.9. The van der Waals surface area contributed by atoms with Crippen molar-refractivity contribution in [1.82, 2.24) is 25.3 Å². The Morgan fingerprint density at radius 1 is 1.03 bits per heavy atom. The summed E-state index contributed by atoms with van der Waals surface area (Å²) in [6.45, 7) is 11.2. The molecular formula is C24H34N6O2. The number of rotatable bonds is 7. The molecule has 8 heteroatoms. The Hall–Kier alpha value is -3.16. The summed E-state index contributed by atoms with van der Waals surface area (Å²) >= 11 is 0. The number of hydrogen-bond acceptors (Lipinski definition) is 5. The van der Waals surface area contributed by atoms with Gasteiger partial charge in [0, 0.05) is 44.3 Å². The number of urea groups is 1. The summed E-state index contributed by atoms with van der Waals surface area (Å²) in [6, 6.07) is 12.0. The average Bonchev–Trinajstić information content (AvgIpc) is 2.82. The first-order valence-corrected chi connectivity index (χ1v) is 11.4. The lowest BCUT2D eigenvalue weighted by Gasteiger charge is -2.37. The van der Waals surface area contributed by atoms with Gasteiger partial charge in [0.25, 0.3) is 0 Å². The molecule has 1 aromatic carbocycles. The van der Waals surface area contributed by atoms with Gasteiger partial charge in [-0.1, -0.05) is 36.8 Å². The van der Waals surface area contributed by atoms with E-state index in [1.54, 1.807) is 4.90 Å². The zero-order valence-electron chi connectivity index (χ0n) is 19.5. The highest BCUT2D eigenvalue weighted by molar-refractivity contribution is 5.84. The average molecular weight is 439 g/mol. The second-order valence-electron chi connectivity index (χ2n) is 8.23. The Bertz CT molecular complexity index is 892. The molecule has 0 unspecified atom stereocenters. The van der Waals surface area contributed by atoms with Gasteiger partial charge < -0.3 is 20.0 Å². The van der Waals surface area contributed by atoms with Crippen molar-refractivity contribution in [2.24, 2.45) is 0 Å². The van der Waals surface area contributed by atoms with Crippen molar-refractivity contribution < 1.29 is 9.59 Å². The van der Waals surface area contributed by atoms with Crippen molar-refractivity contribution in [3.05, 3.63) is 42.0 Å². The van der Waals surface area contributed by atoms with Crippen molar-refractivity contribution in [1.29, 1.82) is 0 Å². The van der Waals surface area contributed by atoms with Gasteiger partial charge in [0.1, 0.15) is 6.54 Å². The van der Waals surface area contributed by atoms with Crippen LogP contribution in [-0.2, 0) is 4.79 Å². The summed E-state index contributed by atoms with van der Waals surface area (Å²) in [5.74, 6) is 0.800. The third-order valence-electron chi connectivity index (χ3n) is 5.97. The summed E-state index contributed by atoms with van der Waals surface area (Å²) in [7, 11) is 0. The van der Waals surface area contributed by atoms with Crippen LogP contribution >= 0.6 is 0 Å². The first-order valence-electron chi connectivity index (χ1n) is 11.4. The number of piperazine rings is 1. The highest BCUT2D eigenvalue weighted by atomic mass is 16.2. The maximum absolute atomic E-state index is 12.9. The Labute approximate surface area is 190 Å². The Morgan fingerprint density at radius 2 is 1.72 bits per heavy atom. The predicted octanol–water partition coefficient (Wildman–Crippen LogP) is 2.93. The smallest absolute Gasteiger partial charge is 0.318 e. The zero-order chi connectivity index (χ0) is 23.1. The molecule has 2 aromatic rings. The highest BCUT2D eigenvalue weighted by Crippen LogP contribution is 2.20. The molecule has 172 valence electrons. The maximum Gasteiger partial charge on any atom is 0.318 e. The van der Waals surface area contributed by atoms with E-state index in [0.717, 1.165) is 23.5 Å². The molecule has 1 atom stereocenters. The predicted molar refractivity (Wildman–Crippen MR) is 127 cm³/mol. The first kappa shape index (κ1) is 23.5. The van der Waals surface area contributed by atoms with E-state index in [2.05, 4.69) is 39.5 Å². The van der Waals surface area contributed by atoms with E-state index in [1.807, 2.05) is 49.9 Å². The molecule has 1 N–H and O–H groups in total. The normalized spacial score (nSPS) is 14.8. The van der Waals surface area contributed by atoms with Crippen LogP contribution in [0.5, 0.6) is 0 Å². The number of anilines is 1. The minimum Gasteiger partial charge on any atom is -0.352 e. The van der Waals surface area contributed by atoms with Crippen LogP contribution in [0.15, 0.2) is 36.4 Å². The number of nitrogens with zero attached hydrogens (tertiary/aromatic N) is 5. The van der Waals surface area contributed by atoms with Crippen LogP contribution in [0.1, 0.15) is 32.8 Å². The van der Waals surface area contributed by atoms with E-state index in [-0.39, 0.29) is 24.5 Å². The van der Waals surface area contributed by atoms with E-state index < -0.39 is 0 Å². The Morgan fingerprint density at radius 3 is 2.28 bits per heavy atom. The van der Waals surface area contributed by atoms with E-state index in [1.165, 1.54) is 5.56 Å². The number of carbonyl (C=O) groups is 2. The second-order valence-corrected chi connectivity index (χ2v) is 8.23. The lowest BCUT2D eigenvalue weighted by molar-refractivity contribution is -0.132. The molecule has 0 saturated carbocycles. The number of hydrogen-bond donors (Lipinski definition) is 1. The van der Waals surface area contributed by atoms with Crippen LogP contribution < -0.4 is 10.2 Å². The topological polar surface area (TPSA) is 81.7 Å². The molecule has 1 saturated heterocycles. The van der Waals surface area contributed by atoms with Crippen LogP contribution in [0.25, 0.3) is 11.3 Å². The molecule has 2 heterocycles. The quantitative estimate of drug-likeness (QED) is 0.719. The number of aromatic nitrogens is 2. The van der Waals surface area contributed by atoms with E-state index in [0.29, 0.717) is 32.7 Å². The highest BCUT2D eigenvalue weighted by Gasteiger charge is 2.27. The van der Waals surface area contributed by atoms with Gasteiger partial charge in [0.05, 0.1) is 5.69 Å². The molecule has 0 radical (unpaired) electrons. The molecule has 0 aliphatic carbocycles. The van der Waals surface area contributed by atoms with Crippen LogP contribution in [0, 0.1) is 6.92 Å². The van der Waals surface area contributed by atoms with Crippen LogP contribution in [0.4, 0.5) is 10.6 Å². The number of aryl methyl sites for hydroxylation is 1. The maximum atomic E-state index is 12.9. The van der Waals surface area contributed by atoms with Gasteiger partial charge in [0.2, 0.25) is 5.91 Å². The fourth-order valence-electron chi connectivity index (χ4n) is 3.70. The third kappa shape index (κ3) is 5.75. The molecule has 0 bridgehead atoms. The fourth-order valence-corrected chi connectivity index (χ4v) is 3.70. The number of benzene rings is 1. The minimum absolute atomic E-state index is 0.00843. The molecule has 1 aromatic heterocycles. The first-order chi connectivity index (χ1) is 15.4. The SMILES string of the molecule is CCNC(=O)N(CC(=O)N1CCN(c2ccc(-c3ccc(C)cc3)nn2)CC1)[C@H](C)CC. The molecule has 1 fully saturated rings. The van der Waals surface area contributed by atoms with Gasteiger partial charge >= 0.3 is 6.03 Å². The molecule has 8 nitrogen and oxygen atoms in total. The van der Waals surface area contributed by atoms with Crippen molar-refractivity contribution in [3.63, 3.8) is 0 Å². The fraction of sp³-hybridized carbons (Fsp3) is 0.500. The van der Waals surface area contributed by atoms with Crippen LogP contribution in [0.2, 0.25) is 0 Å². The van der Waals surface area contributed by atoms with E-state index >= 15 is 0 Å². The summed E-state index contributed by atoms with van der Waals surface area (Å²) in [6.07, 6.45) is 0.801. The summed E-state index contributed by atoms with van der Waals surface area (Å²) < 4.78 is 0. The van der Waals surface area contributed by atoms with Gasteiger partial charge in [0.15, 0.2) is 5.82 Å². The largest absolute Gasteiger partial charge is 0.352 e. The standard InChI is InChI=1S/C24H34N6O2/c1-5-19(4)30(24(32)25-6-2)17-23(31)29-15-13-28(14-16-29)22-12-11-21(26-27-22)20-9-7-18(3)8-10-20/h7-12,19H,5-6,13-17H2,1-4H3,(H,25,32)/t19-/m1/s1. The Balaban J connectivity index is 1.56. The zero-order valence-corrected chi connectivity index (χ0v) is 19.5. The minimum atomic E-state index is -0.183. The summed E-state index contributed by atoms with van der Waals surface area (Å²) in [5.41, 5.74) is 3.10. The van der Waals surface area contributed by atoms with Crippen LogP contribution in [0.3, 0.4) is 0 Å². The molecule has 3 amide bonds. The monoisotopic (exact) mass is 438 g/mol. The van der Waals surface area contributed by atoms with Gasteiger partial charge in [-0.15, -0.1) is 10.2 Å². The molecular weight excluding hydrogens is 404 g/mol. The lowest BCUT2D eigenvalue weighted by atomic mass is 10.1. The van der Waals surface area contributed by atoms with E-state index in [9.17, 15) is 9.59 Å². The molecule has 1 aliphatic heterocycles. The molecule has 0 spiro atoms. The van der Waals surface area contributed by atoms with Crippen molar-refractivity contribution in [2.45, 2.75) is 40.2 Å². The molecule has 3 rings (SSSR count). The van der Waals surface area contributed by atoms with Crippen molar-refractivity contribution in [2.75, 3.05) is 44.2 Å². The number of carbonyl (C=O) groups excluding carboxylic acids is 2. The number of nitrogens with one attached hydrogen (secondary N) is 1. The van der Waals surface area contributed by atoms with Crippen molar-refractivity contribution in [3.8, 4) is 11.3 Å². The summed E-state index contributed by atoms with van der Waals surface area (Å²) in [4.78, 5) is 30.8. The molecule has 32 heavy (non-hydrogen) atoms. The number of amides is 3. The van der Waals surface area contributed by atoms with E-state index in [4.69, 9.17) is 0 Å². The van der Waals surface area contributed by atoms with Gasteiger partial charge in [-0.05, 0) is 39.3 Å². The third-order valence-corrected chi connectivity index (χ3v) is 5.97. The Kier molecular flexibility index (Phi) is 8.03. The van der Waals surface area contributed by atoms with Crippen LogP contribution in [-0.4, -0.2) is 77.2 Å². The van der Waals surface area contributed by atoms with Gasteiger partial charge in [-0.25, -0.2) is 4.79 Å². The van der Waals surface area contributed by atoms with Gasteiger partial charge in [-0.2, -0.15) is 0 Å². The lowest BCUT2D eigenvalue weighted by Crippen LogP contribution is -2.54. The van der Waals surface area contributed by atoms with Crippen molar-refractivity contribution >= 4 is 17.8 Å². The molecule has 1 aliphatic rings. The summed E-state index contributed by atoms with van der Waals surface area (Å²) in [5, 5.41) is 11.6. The van der Waals surface area contributed by atoms with Gasteiger partial charge in [-0.3, -0.25) is 4.79 Å².